The molecule has 8 aromatic carbocycles. The lowest BCUT2D eigenvalue weighted by Crippen LogP contribution is -2.16. The fraction of sp³-hybridized carbons (Fsp3) is 0. The van der Waals surface area contributed by atoms with Gasteiger partial charge in [-0.15, -0.1) is 0 Å². The maximum absolute atomic E-state index is 6.59. The van der Waals surface area contributed by atoms with Crippen molar-refractivity contribution < 1.29 is 4.42 Å². The van der Waals surface area contributed by atoms with Crippen LogP contribution in [0.25, 0.3) is 143 Å². The fourth-order valence-corrected chi connectivity index (χ4v) is 11.8. The molecule has 71 heavy (non-hydrogen) atoms. The Bertz CT molecular complexity index is 4440. The van der Waals surface area contributed by atoms with Crippen LogP contribution >= 0.6 is 0 Å². The summed E-state index contributed by atoms with van der Waals surface area (Å²) in [6.07, 6.45) is 7.81. The molecular weight excluding hydrogens is 871 g/mol. The monoisotopic (exact) mass is 907 g/mol. The summed E-state index contributed by atoms with van der Waals surface area (Å²) in [5.41, 5.74) is 13.8. The number of nitrogens with zero attached hydrogens (tertiary/aromatic N) is 7. The minimum absolute atomic E-state index is 0.775. The van der Waals surface area contributed by atoms with Gasteiger partial charge in [-0.25, -0.2) is 4.98 Å². The molecule has 330 valence electrons. The van der Waals surface area contributed by atoms with Gasteiger partial charge in [0.2, 0.25) is 0 Å². The van der Waals surface area contributed by atoms with Crippen molar-refractivity contribution in [1.29, 1.82) is 0 Å². The molecule has 8 aromatic heterocycles. The summed E-state index contributed by atoms with van der Waals surface area (Å²) < 4.78 is 16.3. The van der Waals surface area contributed by atoms with Gasteiger partial charge in [0.25, 0.3) is 0 Å². The van der Waals surface area contributed by atoms with Crippen LogP contribution in [0.3, 0.4) is 0 Å². The second-order valence-electron chi connectivity index (χ2n) is 18.4. The van der Waals surface area contributed by atoms with Gasteiger partial charge < -0.3 is 13.6 Å². The molecule has 8 heteroatoms. The number of pyridine rings is 3. The summed E-state index contributed by atoms with van der Waals surface area (Å²) >= 11 is 0. The van der Waals surface area contributed by atoms with E-state index in [-0.39, 0.29) is 0 Å². The van der Waals surface area contributed by atoms with E-state index in [9.17, 15) is 0 Å². The quantitative estimate of drug-likeness (QED) is 0.172. The van der Waals surface area contributed by atoms with Crippen molar-refractivity contribution in [2.45, 2.75) is 0 Å². The molecule has 0 aliphatic rings. The maximum Gasteiger partial charge on any atom is 0.165 e. The summed E-state index contributed by atoms with van der Waals surface area (Å²) in [5.74, 6) is 1.55. The van der Waals surface area contributed by atoms with Gasteiger partial charge in [-0.2, -0.15) is 0 Å². The molecule has 16 aromatic rings. The Kier molecular flexibility index (Phi) is 7.73. The Morgan fingerprint density at radius 1 is 0.296 bits per heavy atom. The van der Waals surface area contributed by atoms with E-state index in [2.05, 4.69) is 212 Å². The van der Waals surface area contributed by atoms with Crippen LogP contribution in [0.1, 0.15) is 0 Å². The molecule has 0 spiro atoms. The van der Waals surface area contributed by atoms with E-state index in [0.29, 0.717) is 0 Å². The van der Waals surface area contributed by atoms with Gasteiger partial charge in [0.1, 0.15) is 22.5 Å². The van der Waals surface area contributed by atoms with Crippen LogP contribution in [-0.2, 0) is 0 Å². The Labute approximate surface area is 404 Å². The lowest BCUT2D eigenvalue weighted by atomic mass is 9.98. The third-order valence-corrected chi connectivity index (χ3v) is 14.8. The first kappa shape index (κ1) is 38.2. The highest BCUT2D eigenvalue weighted by Crippen LogP contribution is 2.49. The Morgan fingerprint density at radius 2 is 0.648 bits per heavy atom. The molecule has 8 heterocycles. The summed E-state index contributed by atoms with van der Waals surface area (Å²) in [6.45, 7) is 0. The zero-order valence-electron chi connectivity index (χ0n) is 37.9. The van der Waals surface area contributed by atoms with Crippen LogP contribution in [-0.4, -0.2) is 33.2 Å². The van der Waals surface area contributed by atoms with Crippen molar-refractivity contribution in [3.05, 3.63) is 225 Å². The minimum atomic E-state index is 0.775. The normalized spacial score (nSPS) is 12.2. The lowest BCUT2D eigenvalue weighted by molar-refractivity contribution is 0.669. The number of rotatable bonds is 5. The van der Waals surface area contributed by atoms with E-state index < -0.39 is 0 Å². The second-order valence-corrected chi connectivity index (χ2v) is 18.4. The van der Waals surface area contributed by atoms with Gasteiger partial charge in [0.05, 0.1) is 44.1 Å². The first-order valence-corrected chi connectivity index (χ1v) is 23.9. The zero-order valence-corrected chi connectivity index (χ0v) is 37.9. The predicted octanol–water partition coefficient (Wildman–Crippen LogP) is 15.8. The van der Waals surface area contributed by atoms with Crippen LogP contribution in [0.5, 0.6) is 0 Å². The van der Waals surface area contributed by atoms with Gasteiger partial charge in [-0.05, 0) is 72.3 Å². The van der Waals surface area contributed by atoms with Gasteiger partial charge in [-0.1, -0.05) is 133 Å². The molecule has 0 amide bonds. The van der Waals surface area contributed by atoms with Crippen molar-refractivity contribution >= 4 is 109 Å². The van der Waals surface area contributed by atoms with Crippen LogP contribution in [0, 0.1) is 0 Å². The maximum atomic E-state index is 6.59. The van der Waals surface area contributed by atoms with Crippen molar-refractivity contribution in [3.63, 3.8) is 0 Å². The standard InChI is InChI=1S/C63H37N7O/c1-10-24-51-39(15-1)40-16-2-11-25-52(40)69(51)62-60(67-49-22-8-5-19-43(49)47-36-64-33-31-55(47)67)59(38-29-30-58-46(35-38)45-21-7-14-28-57(45)71-58)61(68-50-23-9-6-20-44(50)48-37-65-34-32-56(48)68)63(66-62)70-53-26-12-3-17-41(53)42-18-4-13-27-54(42)70/h1-37H. The number of hydrogen-bond donors (Lipinski definition) is 0. The largest absolute Gasteiger partial charge is 0.456 e. The molecule has 0 atom stereocenters. The third kappa shape index (κ3) is 5.19. The smallest absolute Gasteiger partial charge is 0.165 e. The second kappa shape index (κ2) is 14.4. The summed E-state index contributed by atoms with van der Waals surface area (Å²) in [5, 5.41) is 11.0. The SMILES string of the molecule is c1ccc2c(c1)oc1ccc(-c3c(-n4c5ccccc5c5cnccc54)c(-n4c5ccccc5c5ccccc54)nc(-n4c5ccccc5c5ccccc54)c3-n3c4ccccc4c4cnccc43)cc12. The Morgan fingerprint density at radius 3 is 1.10 bits per heavy atom. The van der Waals surface area contributed by atoms with E-state index in [4.69, 9.17) is 19.4 Å². The fourth-order valence-electron chi connectivity index (χ4n) is 11.8. The van der Waals surface area contributed by atoms with Gasteiger partial charge in [-0.3, -0.25) is 19.1 Å². The van der Waals surface area contributed by atoms with Crippen molar-refractivity contribution in [3.8, 4) is 34.1 Å². The average Bonchev–Trinajstić information content (AvgIpc) is 4.23. The Hall–Kier alpha value is -9.79. The number of benzene rings is 8. The number of para-hydroxylation sites is 7. The molecule has 8 nitrogen and oxygen atoms in total. The molecule has 0 fully saturated rings. The van der Waals surface area contributed by atoms with E-state index in [1.54, 1.807) is 0 Å². The number of aromatic nitrogens is 7. The first-order valence-electron chi connectivity index (χ1n) is 23.9. The van der Waals surface area contributed by atoms with E-state index in [1.165, 1.54) is 0 Å². The molecule has 0 aliphatic carbocycles. The third-order valence-electron chi connectivity index (χ3n) is 14.8. The van der Waals surface area contributed by atoms with Gasteiger partial charge in [0, 0.05) is 84.2 Å². The topological polar surface area (TPSA) is 71.5 Å². The zero-order chi connectivity index (χ0) is 46.3. The molecule has 0 N–H and O–H groups in total. The number of fused-ring (bicyclic) bond motifs is 15. The highest BCUT2D eigenvalue weighted by Gasteiger charge is 2.32. The Balaban J connectivity index is 1.24. The average molecular weight is 908 g/mol. The first-order chi connectivity index (χ1) is 35.3. The molecule has 0 saturated heterocycles. The van der Waals surface area contributed by atoms with Gasteiger partial charge in [0.15, 0.2) is 11.6 Å². The summed E-state index contributed by atoms with van der Waals surface area (Å²) in [7, 11) is 0. The van der Waals surface area contributed by atoms with Crippen molar-refractivity contribution in [2.24, 2.45) is 0 Å². The van der Waals surface area contributed by atoms with Crippen molar-refractivity contribution in [1.82, 2.24) is 33.2 Å². The van der Waals surface area contributed by atoms with E-state index in [1.807, 2.05) is 30.9 Å². The summed E-state index contributed by atoms with van der Waals surface area (Å²) in [6, 6.07) is 71.6. The van der Waals surface area contributed by atoms with E-state index >= 15 is 0 Å². The summed E-state index contributed by atoms with van der Waals surface area (Å²) in [4.78, 5) is 15.8. The number of furan rings is 1. The molecule has 0 saturated carbocycles. The molecular formula is C63H37N7O. The minimum Gasteiger partial charge on any atom is -0.456 e. The molecule has 0 bridgehead atoms. The highest BCUT2D eigenvalue weighted by atomic mass is 16.3. The molecule has 16 rings (SSSR count). The predicted molar refractivity (Wildman–Crippen MR) is 290 cm³/mol. The van der Waals surface area contributed by atoms with E-state index in [0.717, 1.165) is 143 Å². The van der Waals surface area contributed by atoms with Crippen LogP contribution in [0.15, 0.2) is 229 Å². The van der Waals surface area contributed by atoms with Crippen LogP contribution < -0.4 is 0 Å². The highest BCUT2D eigenvalue weighted by molar-refractivity contribution is 6.16. The molecule has 0 radical (unpaired) electrons. The molecule has 0 unspecified atom stereocenters. The number of hydrogen-bond acceptors (Lipinski definition) is 4. The van der Waals surface area contributed by atoms with Crippen LogP contribution in [0.4, 0.5) is 0 Å². The van der Waals surface area contributed by atoms with Gasteiger partial charge >= 0.3 is 0 Å². The van der Waals surface area contributed by atoms with Crippen molar-refractivity contribution in [2.75, 3.05) is 0 Å². The van der Waals surface area contributed by atoms with Crippen LogP contribution in [0.2, 0.25) is 0 Å². The lowest BCUT2D eigenvalue weighted by Gasteiger charge is -2.27. The molecule has 0 aliphatic heterocycles.